The number of hydrogen-bond donors (Lipinski definition) is 1. The summed E-state index contributed by atoms with van der Waals surface area (Å²) >= 11 is 1.88. The Hall–Kier alpha value is -0.220. The Morgan fingerprint density at radius 1 is 1.75 bits per heavy atom. The first-order valence-electron chi connectivity index (χ1n) is 4.33. The minimum atomic E-state index is 0.0651. The maximum Gasteiger partial charge on any atom is 0.124 e. The summed E-state index contributed by atoms with van der Waals surface area (Å²) in [6, 6.07) is 0. The molecular formula is C8H16N2OS. The molecule has 0 spiro atoms. The lowest BCUT2D eigenvalue weighted by Crippen LogP contribution is -2.37. The van der Waals surface area contributed by atoms with Gasteiger partial charge in [0.2, 0.25) is 0 Å². The summed E-state index contributed by atoms with van der Waals surface area (Å²) in [6.45, 7) is 3.71. The Bertz CT molecular complexity index is 155. The van der Waals surface area contributed by atoms with Crippen molar-refractivity contribution < 1.29 is 4.74 Å². The smallest absolute Gasteiger partial charge is 0.124 e. The van der Waals surface area contributed by atoms with Crippen molar-refractivity contribution in [2.75, 3.05) is 24.7 Å². The molecule has 0 aliphatic carbocycles. The lowest BCUT2D eigenvalue weighted by Gasteiger charge is -2.21. The molecule has 0 aromatic carbocycles. The SMILES string of the molecule is CCCN=C(N)C1CSCCO1. The molecular weight excluding hydrogens is 172 g/mol. The molecule has 2 N–H and O–H groups in total. The van der Waals surface area contributed by atoms with Gasteiger partial charge in [-0.1, -0.05) is 6.92 Å². The minimum Gasteiger partial charge on any atom is -0.385 e. The van der Waals surface area contributed by atoms with E-state index in [0.29, 0.717) is 5.84 Å². The topological polar surface area (TPSA) is 47.6 Å². The average molecular weight is 188 g/mol. The highest BCUT2D eigenvalue weighted by atomic mass is 32.2. The van der Waals surface area contributed by atoms with Gasteiger partial charge < -0.3 is 10.5 Å². The molecule has 0 saturated carbocycles. The van der Waals surface area contributed by atoms with E-state index in [9.17, 15) is 0 Å². The van der Waals surface area contributed by atoms with Crippen LogP contribution in [0.25, 0.3) is 0 Å². The number of thioether (sulfide) groups is 1. The summed E-state index contributed by atoms with van der Waals surface area (Å²) in [6.07, 6.45) is 1.11. The molecule has 1 fully saturated rings. The monoisotopic (exact) mass is 188 g/mol. The quantitative estimate of drug-likeness (QED) is 0.528. The molecule has 0 amide bonds. The standard InChI is InChI=1S/C8H16N2OS/c1-2-3-10-8(9)7-6-12-5-4-11-7/h7H,2-6H2,1H3,(H2,9,10). The first-order valence-corrected chi connectivity index (χ1v) is 5.49. The maximum absolute atomic E-state index is 5.75. The largest absolute Gasteiger partial charge is 0.385 e. The molecule has 1 atom stereocenters. The minimum absolute atomic E-state index is 0.0651. The maximum atomic E-state index is 5.75. The van der Waals surface area contributed by atoms with Gasteiger partial charge in [-0.15, -0.1) is 0 Å². The summed E-state index contributed by atoms with van der Waals surface area (Å²) < 4.78 is 5.46. The third-order valence-electron chi connectivity index (χ3n) is 1.66. The zero-order valence-electron chi connectivity index (χ0n) is 7.45. The van der Waals surface area contributed by atoms with Crippen LogP contribution in [-0.2, 0) is 4.74 Å². The predicted octanol–water partition coefficient (Wildman–Crippen LogP) is 0.886. The summed E-state index contributed by atoms with van der Waals surface area (Å²) in [5, 5.41) is 0. The molecule has 1 unspecified atom stereocenters. The molecule has 1 saturated heterocycles. The van der Waals surface area contributed by atoms with Crippen molar-refractivity contribution >= 4 is 17.6 Å². The van der Waals surface area contributed by atoms with Gasteiger partial charge in [0.05, 0.1) is 6.61 Å². The molecule has 4 heteroatoms. The van der Waals surface area contributed by atoms with Crippen LogP contribution in [0.1, 0.15) is 13.3 Å². The molecule has 1 aliphatic heterocycles. The second-order valence-corrected chi connectivity index (χ2v) is 3.89. The molecule has 70 valence electrons. The number of hydrogen-bond acceptors (Lipinski definition) is 3. The van der Waals surface area contributed by atoms with Gasteiger partial charge in [0.25, 0.3) is 0 Å². The van der Waals surface area contributed by atoms with Crippen molar-refractivity contribution in [2.24, 2.45) is 10.7 Å². The van der Waals surface area contributed by atoms with Crippen LogP contribution in [0, 0.1) is 0 Å². The molecule has 0 aromatic heterocycles. The van der Waals surface area contributed by atoms with Crippen molar-refractivity contribution in [3.05, 3.63) is 0 Å². The van der Waals surface area contributed by atoms with Gasteiger partial charge in [0.1, 0.15) is 11.9 Å². The lowest BCUT2D eigenvalue weighted by molar-refractivity contribution is 0.120. The summed E-state index contributed by atoms with van der Waals surface area (Å²) in [4.78, 5) is 4.22. The van der Waals surface area contributed by atoms with E-state index in [4.69, 9.17) is 10.5 Å². The Morgan fingerprint density at radius 2 is 2.58 bits per heavy atom. The van der Waals surface area contributed by atoms with Gasteiger partial charge >= 0.3 is 0 Å². The second kappa shape index (κ2) is 5.43. The van der Waals surface area contributed by atoms with E-state index in [1.54, 1.807) is 0 Å². The van der Waals surface area contributed by atoms with Crippen molar-refractivity contribution in [2.45, 2.75) is 19.4 Å². The van der Waals surface area contributed by atoms with E-state index in [0.717, 1.165) is 31.1 Å². The van der Waals surface area contributed by atoms with Crippen molar-refractivity contribution in [1.82, 2.24) is 0 Å². The third kappa shape index (κ3) is 3.03. The fourth-order valence-corrected chi connectivity index (χ4v) is 1.86. The number of aliphatic imine (C=N–C) groups is 1. The summed E-state index contributed by atoms with van der Waals surface area (Å²) in [7, 11) is 0. The zero-order chi connectivity index (χ0) is 8.81. The number of amidine groups is 1. The van der Waals surface area contributed by atoms with Crippen molar-refractivity contribution in [3.8, 4) is 0 Å². The van der Waals surface area contributed by atoms with Gasteiger partial charge in [-0.3, -0.25) is 4.99 Å². The molecule has 1 aliphatic rings. The van der Waals surface area contributed by atoms with E-state index in [-0.39, 0.29) is 6.10 Å². The molecule has 12 heavy (non-hydrogen) atoms. The van der Waals surface area contributed by atoms with Gasteiger partial charge in [0.15, 0.2) is 0 Å². The molecule has 1 heterocycles. The van der Waals surface area contributed by atoms with E-state index < -0.39 is 0 Å². The van der Waals surface area contributed by atoms with Crippen molar-refractivity contribution in [1.29, 1.82) is 0 Å². The highest BCUT2D eigenvalue weighted by molar-refractivity contribution is 7.99. The van der Waals surface area contributed by atoms with E-state index in [1.165, 1.54) is 0 Å². The fraction of sp³-hybridized carbons (Fsp3) is 0.875. The number of nitrogens with two attached hydrogens (primary N) is 1. The highest BCUT2D eigenvalue weighted by Gasteiger charge is 2.17. The van der Waals surface area contributed by atoms with Crippen LogP contribution < -0.4 is 5.73 Å². The van der Waals surface area contributed by atoms with Gasteiger partial charge in [-0.25, -0.2) is 0 Å². The van der Waals surface area contributed by atoms with Gasteiger partial charge in [-0.2, -0.15) is 11.8 Å². The van der Waals surface area contributed by atoms with Gasteiger partial charge in [0, 0.05) is 18.1 Å². The number of rotatable bonds is 3. The first kappa shape index (κ1) is 9.86. The van der Waals surface area contributed by atoms with Gasteiger partial charge in [-0.05, 0) is 6.42 Å². The zero-order valence-corrected chi connectivity index (χ0v) is 8.27. The van der Waals surface area contributed by atoms with Crippen LogP contribution >= 0.6 is 11.8 Å². The normalized spacial score (nSPS) is 25.8. The fourth-order valence-electron chi connectivity index (χ4n) is 1.00. The van der Waals surface area contributed by atoms with Crippen LogP contribution in [0.2, 0.25) is 0 Å². The number of ether oxygens (including phenoxy) is 1. The molecule has 0 radical (unpaired) electrons. The van der Waals surface area contributed by atoms with Crippen LogP contribution in [-0.4, -0.2) is 36.6 Å². The number of nitrogens with zero attached hydrogens (tertiary/aromatic N) is 1. The predicted molar refractivity (Wildman–Crippen MR) is 53.8 cm³/mol. The lowest BCUT2D eigenvalue weighted by atomic mass is 10.3. The molecule has 3 nitrogen and oxygen atoms in total. The van der Waals surface area contributed by atoms with Crippen LogP contribution in [0.4, 0.5) is 0 Å². The highest BCUT2D eigenvalue weighted by Crippen LogP contribution is 2.12. The Kier molecular flexibility index (Phi) is 4.46. The molecule has 1 rings (SSSR count). The van der Waals surface area contributed by atoms with E-state index >= 15 is 0 Å². The molecule has 0 aromatic rings. The summed E-state index contributed by atoms with van der Waals surface area (Å²) in [5.74, 6) is 2.71. The summed E-state index contributed by atoms with van der Waals surface area (Å²) in [5.41, 5.74) is 5.75. The third-order valence-corrected chi connectivity index (χ3v) is 2.66. The molecule has 0 bridgehead atoms. The van der Waals surface area contributed by atoms with E-state index in [2.05, 4.69) is 11.9 Å². The second-order valence-electron chi connectivity index (χ2n) is 2.74. The average Bonchev–Trinajstić information content (AvgIpc) is 2.15. The Labute approximate surface area is 77.8 Å². The van der Waals surface area contributed by atoms with Crippen LogP contribution in [0.3, 0.4) is 0 Å². The van der Waals surface area contributed by atoms with Crippen LogP contribution in [0.5, 0.6) is 0 Å². The van der Waals surface area contributed by atoms with E-state index in [1.807, 2.05) is 11.8 Å². The first-order chi connectivity index (χ1) is 5.84. The Morgan fingerprint density at radius 3 is 3.17 bits per heavy atom. The van der Waals surface area contributed by atoms with Crippen LogP contribution in [0.15, 0.2) is 4.99 Å². The van der Waals surface area contributed by atoms with Crippen molar-refractivity contribution in [3.63, 3.8) is 0 Å². The Balaban J connectivity index is 2.33.